The van der Waals surface area contributed by atoms with Crippen molar-refractivity contribution in [3.8, 4) is 0 Å². The summed E-state index contributed by atoms with van der Waals surface area (Å²) in [6, 6.07) is 0. The Kier molecular flexibility index (Phi) is 51.1. The molecular weight excluding hydrogens is 848 g/mol. The first-order valence-electron chi connectivity index (χ1n) is 27.3. The van der Waals surface area contributed by atoms with Crippen molar-refractivity contribution in [3.63, 3.8) is 0 Å². The fourth-order valence-corrected chi connectivity index (χ4v) is 8.30. The Morgan fingerprint density at radius 1 is 0.470 bits per heavy atom. The maximum absolute atomic E-state index is 12.7. The van der Waals surface area contributed by atoms with Crippen LogP contribution in [0, 0.1) is 0 Å². The number of rotatable bonds is 52. The Morgan fingerprint density at radius 3 is 1.23 bits per heavy atom. The summed E-state index contributed by atoms with van der Waals surface area (Å²) in [5, 5.41) is 18.4. The molecule has 386 valence electrons. The predicted octanol–water partition coefficient (Wildman–Crippen LogP) is 16.3. The van der Waals surface area contributed by atoms with Crippen molar-refractivity contribution in [2.45, 2.75) is 257 Å². The molecular formula is C56H103O9P. The van der Waals surface area contributed by atoms with Crippen molar-refractivity contribution in [2.24, 2.45) is 0 Å². The summed E-state index contributed by atoms with van der Waals surface area (Å²) in [5.74, 6) is -0.387. The molecule has 0 heterocycles. The lowest BCUT2D eigenvalue weighted by Gasteiger charge is -2.20. The number of allylic oxidation sites excluding steroid dienone is 10. The van der Waals surface area contributed by atoms with E-state index < -0.39 is 33.2 Å². The molecule has 9 nitrogen and oxygen atoms in total. The zero-order valence-corrected chi connectivity index (χ0v) is 43.6. The molecule has 10 heteroatoms. The van der Waals surface area contributed by atoms with Crippen molar-refractivity contribution in [3.05, 3.63) is 60.8 Å². The van der Waals surface area contributed by atoms with E-state index in [0.717, 1.165) is 64.2 Å². The molecule has 0 aliphatic heterocycles. The van der Waals surface area contributed by atoms with Gasteiger partial charge >= 0.3 is 13.8 Å². The SMILES string of the molecule is CCCCCCC/C=C\C/C=C\C/C=C\CCCCCCCCCOCC(COP(=O)(O)OCC(O)CO)OC(=O)CCCCCCCCCCCCC/C=C\C/C=C\CCCCCCC. The molecule has 0 aromatic rings. The van der Waals surface area contributed by atoms with E-state index in [0.29, 0.717) is 6.61 Å². The van der Waals surface area contributed by atoms with Gasteiger partial charge in [0.2, 0.25) is 0 Å². The van der Waals surface area contributed by atoms with Crippen molar-refractivity contribution < 1.29 is 43.0 Å². The Morgan fingerprint density at radius 2 is 0.818 bits per heavy atom. The summed E-state index contributed by atoms with van der Waals surface area (Å²) in [7, 11) is -4.53. The Labute approximate surface area is 406 Å². The summed E-state index contributed by atoms with van der Waals surface area (Å²) in [6.07, 6.45) is 63.3. The number of carbonyl (C=O) groups excluding carboxylic acids is 1. The van der Waals surface area contributed by atoms with E-state index in [1.54, 1.807) is 0 Å². The molecule has 0 aromatic carbocycles. The average Bonchev–Trinajstić information content (AvgIpc) is 3.31. The Bertz CT molecular complexity index is 1220. The van der Waals surface area contributed by atoms with Gasteiger partial charge in [0.25, 0.3) is 0 Å². The van der Waals surface area contributed by atoms with Gasteiger partial charge < -0.3 is 24.6 Å². The van der Waals surface area contributed by atoms with E-state index in [1.807, 2.05) is 0 Å². The molecule has 0 rings (SSSR count). The molecule has 0 saturated carbocycles. The molecule has 0 aliphatic rings. The quantitative estimate of drug-likeness (QED) is 0.0236. The Hall–Kier alpha value is -1.84. The summed E-state index contributed by atoms with van der Waals surface area (Å²) >= 11 is 0. The first kappa shape index (κ1) is 64.2. The summed E-state index contributed by atoms with van der Waals surface area (Å²) in [5.41, 5.74) is 0. The van der Waals surface area contributed by atoms with Crippen LogP contribution < -0.4 is 0 Å². The predicted molar refractivity (Wildman–Crippen MR) is 279 cm³/mol. The highest BCUT2D eigenvalue weighted by Gasteiger charge is 2.26. The van der Waals surface area contributed by atoms with Crippen LogP contribution in [0.3, 0.4) is 0 Å². The van der Waals surface area contributed by atoms with Crippen LogP contribution in [-0.4, -0.2) is 66.3 Å². The van der Waals surface area contributed by atoms with Crippen LogP contribution >= 0.6 is 7.82 Å². The maximum atomic E-state index is 12.7. The van der Waals surface area contributed by atoms with E-state index in [2.05, 4.69) is 74.6 Å². The zero-order valence-electron chi connectivity index (χ0n) is 42.7. The minimum atomic E-state index is -4.53. The van der Waals surface area contributed by atoms with Gasteiger partial charge in [0.1, 0.15) is 12.2 Å². The van der Waals surface area contributed by atoms with Gasteiger partial charge in [0, 0.05) is 13.0 Å². The van der Waals surface area contributed by atoms with Gasteiger partial charge in [-0.2, -0.15) is 0 Å². The van der Waals surface area contributed by atoms with E-state index in [4.69, 9.17) is 23.6 Å². The van der Waals surface area contributed by atoms with Crippen LogP contribution in [0.2, 0.25) is 0 Å². The van der Waals surface area contributed by atoms with Gasteiger partial charge in [-0.15, -0.1) is 0 Å². The summed E-state index contributed by atoms with van der Waals surface area (Å²) in [4.78, 5) is 22.7. The molecule has 3 atom stereocenters. The third-order valence-corrected chi connectivity index (χ3v) is 12.6. The van der Waals surface area contributed by atoms with Crippen molar-refractivity contribution in [2.75, 3.05) is 33.0 Å². The monoisotopic (exact) mass is 951 g/mol. The van der Waals surface area contributed by atoms with Crippen molar-refractivity contribution in [1.29, 1.82) is 0 Å². The second kappa shape index (κ2) is 52.5. The lowest BCUT2D eigenvalue weighted by molar-refractivity contribution is -0.154. The number of ether oxygens (including phenoxy) is 2. The largest absolute Gasteiger partial charge is 0.472 e. The number of hydrogen-bond acceptors (Lipinski definition) is 8. The van der Waals surface area contributed by atoms with Crippen LogP contribution in [0.15, 0.2) is 60.8 Å². The molecule has 0 spiro atoms. The minimum Gasteiger partial charge on any atom is -0.457 e. The number of esters is 1. The third-order valence-electron chi connectivity index (χ3n) is 11.7. The molecule has 0 amide bonds. The van der Waals surface area contributed by atoms with Gasteiger partial charge in [-0.05, 0) is 83.5 Å². The first-order chi connectivity index (χ1) is 32.3. The van der Waals surface area contributed by atoms with Gasteiger partial charge in [0.05, 0.1) is 26.4 Å². The molecule has 0 aliphatic carbocycles. The summed E-state index contributed by atoms with van der Waals surface area (Å²) < 4.78 is 33.6. The van der Waals surface area contributed by atoms with E-state index in [1.165, 1.54) is 161 Å². The van der Waals surface area contributed by atoms with Crippen molar-refractivity contribution in [1.82, 2.24) is 0 Å². The van der Waals surface area contributed by atoms with Crippen LogP contribution in [0.25, 0.3) is 0 Å². The van der Waals surface area contributed by atoms with E-state index in [9.17, 15) is 19.4 Å². The molecule has 0 aromatic heterocycles. The molecule has 66 heavy (non-hydrogen) atoms. The van der Waals surface area contributed by atoms with Gasteiger partial charge in [0.15, 0.2) is 0 Å². The van der Waals surface area contributed by atoms with Crippen LogP contribution in [0.1, 0.15) is 245 Å². The summed E-state index contributed by atoms with van der Waals surface area (Å²) in [6.45, 7) is 3.50. The third kappa shape index (κ3) is 51.5. The highest BCUT2D eigenvalue weighted by atomic mass is 31.2. The van der Waals surface area contributed by atoms with Gasteiger partial charge in [-0.25, -0.2) is 4.57 Å². The second-order valence-electron chi connectivity index (χ2n) is 18.2. The lowest BCUT2D eigenvalue weighted by Crippen LogP contribution is -2.29. The number of phosphoric ester groups is 1. The number of unbranched alkanes of at least 4 members (excludes halogenated alkanes) is 28. The highest BCUT2D eigenvalue weighted by molar-refractivity contribution is 7.47. The fraction of sp³-hybridized carbons (Fsp3) is 0.804. The molecule has 3 N–H and O–H groups in total. The average molecular weight is 951 g/mol. The first-order valence-corrected chi connectivity index (χ1v) is 28.8. The standard InChI is InChI=1S/C56H103O9P/c1-3-5-7-9-11-13-15-17-19-21-23-25-27-28-30-32-34-36-38-40-42-44-46-48-56(59)65-55(53-64-66(60,61)63-51-54(58)50-57)52-62-49-47-45-43-41-39-37-35-33-31-29-26-24-22-20-18-16-14-12-10-8-6-4-2/h15-18,21-24,29,31,54-55,57-58H,3-14,19-20,25-28,30,32-53H2,1-2H3,(H,60,61)/b17-15-,18-16-,23-21-,24-22-,31-29-. The number of carbonyl (C=O) groups is 1. The van der Waals surface area contributed by atoms with E-state index in [-0.39, 0.29) is 25.6 Å². The molecule has 3 unspecified atom stereocenters. The van der Waals surface area contributed by atoms with Crippen molar-refractivity contribution >= 4 is 13.8 Å². The van der Waals surface area contributed by atoms with Gasteiger partial charge in [-0.3, -0.25) is 13.8 Å². The van der Waals surface area contributed by atoms with Crippen LogP contribution in [0.5, 0.6) is 0 Å². The molecule has 0 saturated heterocycles. The van der Waals surface area contributed by atoms with E-state index >= 15 is 0 Å². The molecule has 0 bridgehead atoms. The van der Waals surface area contributed by atoms with Crippen LogP contribution in [0.4, 0.5) is 0 Å². The fourth-order valence-electron chi connectivity index (χ4n) is 7.51. The highest BCUT2D eigenvalue weighted by Crippen LogP contribution is 2.43. The molecule has 0 fully saturated rings. The number of phosphoric acid groups is 1. The Balaban J connectivity index is 4.08. The van der Waals surface area contributed by atoms with Gasteiger partial charge in [-0.1, -0.05) is 216 Å². The molecule has 0 radical (unpaired) electrons. The number of hydrogen-bond donors (Lipinski definition) is 3. The van der Waals surface area contributed by atoms with Crippen LogP contribution in [-0.2, 0) is 27.9 Å². The second-order valence-corrected chi connectivity index (χ2v) is 19.7. The normalized spacial score (nSPS) is 14.2. The lowest BCUT2D eigenvalue weighted by atomic mass is 10.0. The smallest absolute Gasteiger partial charge is 0.457 e. The minimum absolute atomic E-state index is 0.0406. The maximum Gasteiger partial charge on any atom is 0.472 e. The topological polar surface area (TPSA) is 132 Å². The number of aliphatic hydroxyl groups is 2. The number of aliphatic hydroxyl groups excluding tert-OH is 2. The zero-order chi connectivity index (χ0) is 48.1.